The number of aromatic nitrogens is 4. The second-order valence-corrected chi connectivity index (χ2v) is 7.29. The van der Waals surface area contributed by atoms with Crippen molar-refractivity contribution in [3.05, 3.63) is 59.6 Å². The maximum Gasteiger partial charge on any atom is 0.227 e. The van der Waals surface area contributed by atoms with E-state index < -0.39 is 0 Å². The molecule has 28 heavy (non-hydrogen) atoms. The Labute approximate surface area is 163 Å². The number of rotatable bonds is 5. The second kappa shape index (κ2) is 7.88. The van der Waals surface area contributed by atoms with E-state index in [0.29, 0.717) is 12.3 Å². The molecule has 4 heterocycles. The van der Waals surface area contributed by atoms with Gasteiger partial charge in [-0.1, -0.05) is 11.2 Å². The van der Waals surface area contributed by atoms with Crippen LogP contribution in [0.2, 0.25) is 0 Å². The summed E-state index contributed by atoms with van der Waals surface area (Å²) >= 11 is 0. The van der Waals surface area contributed by atoms with Crippen LogP contribution in [-0.2, 0) is 17.6 Å². The van der Waals surface area contributed by atoms with Gasteiger partial charge in [0, 0.05) is 37.9 Å². The normalized spacial score (nSPS) is 16.5. The van der Waals surface area contributed by atoms with Crippen molar-refractivity contribution in [1.29, 1.82) is 0 Å². The SMILES string of the molecule is Cc1noc(C)c1-c1nccnc1CC1CCN(C(=O)Cc2cccnc2)C1. The first-order valence-corrected chi connectivity index (χ1v) is 9.51. The van der Waals surface area contributed by atoms with Gasteiger partial charge in [0.15, 0.2) is 0 Å². The lowest BCUT2D eigenvalue weighted by Crippen LogP contribution is -2.30. The number of carbonyl (C=O) groups excluding carboxylic acids is 1. The number of amides is 1. The van der Waals surface area contributed by atoms with Crippen LogP contribution in [-0.4, -0.2) is 44.0 Å². The summed E-state index contributed by atoms with van der Waals surface area (Å²) in [5.74, 6) is 1.27. The van der Waals surface area contributed by atoms with Crippen molar-refractivity contribution in [2.75, 3.05) is 13.1 Å². The topological polar surface area (TPSA) is 85.0 Å². The molecule has 1 amide bonds. The average Bonchev–Trinajstić information content (AvgIpc) is 3.30. The average molecular weight is 377 g/mol. The minimum Gasteiger partial charge on any atom is -0.361 e. The predicted molar refractivity (Wildman–Crippen MR) is 103 cm³/mol. The van der Waals surface area contributed by atoms with Crippen molar-refractivity contribution in [2.45, 2.75) is 33.1 Å². The van der Waals surface area contributed by atoms with Crippen LogP contribution >= 0.6 is 0 Å². The number of nitrogens with zero attached hydrogens (tertiary/aromatic N) is 5. The molecule has 0 N–H and O–H groups in total. The summed E-state index contributed by atoms with van der Waals surface area (Å²) in [6.07, 6.45) is 9.04. The molecule has 0 bridgehead atoms. The highest BCUT2D eigenvalue weighted by atomic mass is 16.5. The number of aryl methyl sites for hydroxylation is 2. The van der Waals surface area contributed by atoms with Crippen molar-refractivity contribution in [3.8, 4) is 11.3 Å². The zero-order valence-electron chi connectivity index (χ0n) is 16.1. The fourth-order valence-corrected chi connectivity index (χ4v) is 3.83. The maximum atomic E-state index is 12.6. The highest BCUT2D eigenvalue weighted by Gasteiger charge is 2.28. The van der Waals surface area contributed by atoms with Gasteiger partial charge in [-0.25, -0.2) is 0 Å². The Kier molecular flexibility index (Phi) is 5.14. The molecule has 0 aromatic carbocycles. The second-order valence-electron chi connectivity index (χ2n) is 7.29. The van der Waals surface area contributed by atoms with Crippen molar-refractivity contribution in [2.24, 2.45) is 5.92 Å². The van der Waals surface area contributed by atoms with E-state index in [-0.39, 0.29) is 5.91 Å². The molecule has 1 saturated heterocycles. The van der Waals surface area contributed by atoms with Gasteiger partial charge in [0.2, 0.25) is 5.91 Å². The standard InChI is InChI=1S/C21H23N5O2/c1-14-20(15(2)28-25-14)21-18(23-7-8-24-21)10-17-5-9-26(13-17)19(27)11-16-4-3-6-22-12-16/h3-4,6-8,12,17H,5,9-11,13H2,1-2H3. The summed E-state index contributed by atoms with van der Waals surface area (Å²) in [7, 11) is 0. The number of pyridine rings is 1. The molecule has 1 aliphatic heterocycles. The van der Waals surface area contributed by atoms with Crippen LogP contribution in [0.25, 0.3) is 11.3 Å². The summed E-state index contributed by atoms with van der Waals surface area (Å²) in [6.45, 7) is 5.34. The molecule has 1 atom stereocenters. The minimum atomic E-state index is 0.153. The Hall–Kier alpha value is -3.09. The molecule has 3 aromatic rings. The molecular formula is C21H23N5O2. The highest BCUT2D eigenvalue weighted by Crippen LogP contribution is 2.30. The first-order chi connectivity index (χ1) is 13.6. The fraction of sp³-hybridized carbons (Fsp3) is 0.381. The Morgan fingerprint density at radius 3 is 2.86 bits per heavy atom. The van der Waals surface area contributed by atoms with E-state index in [2.05, 4.69) is 20.1 Å². The van der Waals surface area contributed by atoms with Gasteiger partial charge in [0.1, 0.15) is 5.76 Å². The van der Waals surface area contributed by atoms with Crippen LogP contribution in [0.1, 0.15) is 29.1 Å². The molecule has 1 unspecified atom stereocenters. The van der Waals surface area contributed by atoms with Crippen LogP contribution in [0.3, 0.4) is 0 Å². The number of hydrogen-bond acceptors (Lipinski definition) is 6. The van der Waals surface area contributed by atoms with Gasteiger partial charge in [-0.05, 0) is 44.2 Å². The molecule has 3 aromatic heterocycles. The third-order valence-electron chi connectivity index (χ3n) is 5.24. The molecule has 0 radical (unpaired) electrons. The quantitative estimate of drug-likeness (QED) is 0.680. The van der Waals surface area contributed by atoms with Gasteiger partial charge in [-0.15, -0.1) is 0 Å². The molecule has 7 nitrogen and oxygen atoms in total. The van der Waals surface area contributed by atoms with Gasteiger partial charge in [-0.2, -0.15) is 0 Å². The van der Waals surface area contributed by atoms with Crippen molar-refractivity contribution >= 4 is 5.91 Å². The summed E-state index contributed by atoms with van der Waals surface area (Å²) in [5, 5.41) is 4.04. The van der Waals surface area contributed by atoms with Crippen LogP contribution in [0, 0.1) is 19.8 Å². The molecule has 1 fully saturated rings. The van der Waals surface area contributed by atoms with Crippen LogP contribution in [0.4, 0.5) is 0 Å². The molecule has 4 rings (SSSR count). The zero-order chi connectivity index (χ0) is 19.5. The largest absolute Gasteiger partial charge is 0.361 e. The molecule has 0 saturated carbocycles. The Morgan fingerprint density at radius 1 is 1.25 bits per heavy atom. The number of hydrogen-bond donors (Lipinski definition) is 0. The summed E-state index contributed by atoms with van der Waals surface area (Å²) in [6, 6.07) is 3.80. The lowest BCUT2D eigenvalue weighted by molar-refractivity contribution is -0.129. The van der Waals surface area contributed by atoms with Gasteiger partial charge >= 0.3 is 0 Å². The van der Waals surface area contributed by atoms with E-state index in [0.717, 1.165) is 59.9 Å². The number of carbonyl (C=O) groups is 1. The summed E-state index contributed by atoms with van der Waals surface area (Å²) in [4.78, 5) is 27.8. The lowest BCUT2D eigenvalue weighted by atomic mass is 9.98. The van der Waals surface area contributed by atoms with Gasteiger partial charge in [-0.3, -0.25) is 19.7 Å². The van der Waals surface area contributed by atoms with Crippen molar-refractivity contribution in [3.63, 3.8) is 0 Å². The van der Waals surface area contributed by atoms with Crippen molar-refractivity contribution < 1.29 is 9.32 Å². The Morgan fingerprint density at radius 2 is 2.11 bits per heavy atom. The van der Waals surface area contributed by atoms with E-state index in [1.54, 1.807) is 24.8 Å². The predicted octanol–water partition coefficient (Wildman–Crippen LogP) is 2.78. The smallest absolute Gasteiger partial charge is 0.227 e. The third-order valence-corrected chi connectivity index (χ3v) is 5.24. The summed E-state index contributed by atoms with van der Waals surface area (Å²) in [5.41, 5.74) is 4.46. The zero-order valence-corrected chi connectivity index (χ0v) is 16.1. The van der Waals surface area contributed by atoms with Crippen molar-refractivity contribution in [1.82, 2.24) is 25.0 Å². The highest BCUT2D eigenvalue weighted by molar-refractivity contribution is 5.79. The molecule has 0 spiro atoms. The third kappa shape index (κ3) is 3.78. The molecule has 144 valence electrons. The van der Waals surface area contributed by atoms with E-state index in [4.69, 9.17) is 4.52 Å². The first kappa shape index (κ1) is 18.3. The first-order valence-electron chi connectivity index (χ1n) is 9.51. The number of likely N-dealkylation sites (tertiary alicyclic amines) is 1. The van der Waals surface area contributed by atoms with E-state index >= 15 is 0 Å². The Balaban J connectivity index is 1.45. The molecule has 0 aliphatic carbocycles. The molecular weight excluding hydrogens is 354 g/mol. The Bertz CT molecular complexity index is 950. The van der Waals surface area contributed by atoms with Gasteiger partial charge < -0.3 is 9.42 Å². The van der Waals surface area contributed by atoms with Crippen LogP contribution < -0.4 is 0 Å². The lowest BCUT2D eigenvalue weighted by Gasteiger charge is -2.17. The van der Waals surface area contributed by atoms with Gasteiger partial charge in [0.05, 0.1) is 29.1 Å². The summed E-state index contributed by atoms with van der Waals surface area (Å²) < 4.78 is 5.30. The van der Waals surface area contributed by atoms with E-state index in [1.807, 2.05) is 30.9 Å². The maximum absolute atomic E-state index is 12.6. The molecule has 1 aliphatic rings. The van der Waals surface area contributed by atoms with Gasteiger partial charge in [0.25, 0.3) is 0 Å². The van der Waals surface area contributed by atoms with E-state index in [9.17, 15) is 4.79 Å². The fourth-order valence-electron chi connectivity index (χ4n) is 3.83. The molecule has 7 heteroatoms. The van der Waals surface area contributed by atoms with E-state index in [1.165, 1.54) is 0 Å². The van der Waals surface area contributed by atoms with Crippen LogP contribution in [0.15, 0.2) is 41.4 Å². The minimum absolute atomic E-state index is 0.153. The monoisotopic (exact) mass is 377 g/mol. The van der Waals surface area contributed by atoms with Crippen LogP contribution in [0.5, 0.6) is 0 Å².